The molecule has 2 fully saturated rings. The zero-order chi connectivity index (χ0) is 10.1. The molecular weight excluding hydrogens is 180 g/mol. The van der Waals surface area contributed by atoms with Crippen molar-refractivity contribution in [2.24, 2.45) is 11.7 Å². The number of amides is 1. The van der Waals surface area contributed by atoms with Gasteiger partial charge in [0.1, 0.15) is 0 Å². The van der Waals surface area contributed by atoms with Crippen LogP contribution in [0, 0.1) is 5.92 Å². The maximum Gasteiger partial charge on any atom is 0.229 e. The van der Waals surface area contributed by atoms with Crippen LogP contribution in [-0.4, -0.2) is 42.6 Å². The lowest BCUT2D eigenvalue weighted by molar-refractivity contribution is -0.136. The van der Waals surface area contributed by atoms with Crippen molar-refractivity contribution in [1.82, 2.24) is 4.90 Å². The molecule has 0 radical (unpaired) electrons. The highest BCUT2D eigenvalue weighted by molar-refractivity contribution is 5.80. The maximum absolute atomic E-state index is 12.0. The Morgan fingerprint density at radius 3 is 2.79 bits per heavy atom. The number of carbonyl (C=O) groups is 1. The molecule has 2 rings (SSSR count). The van der Waals surface area contributed by atoms with E-state index in [1.165, 1.54) is 0 Å². The second-order valence-corrected chi connectivity index (χ2v) is 4.33. The van der Waals surface area contributed by atoms with Gasteiger partial charge in [-0.2, -0.15) is 0 Å². The summed E-state index contributed by atoms with van der Waals surface area (Å²) in [5.41, 5.74) is 5.82. The summed E-state index contributed by atoms with van der Waals surface area (Å²) in [4.78, 5) is 14.0. The van der Waals surface area contributed by atoms with Crippen LogP contribution in [0.2, 0.25) is 0 Å². The Morgan fingerprint density at radius 1 is 1.50 bits per heavy atom. The zero-order valence-electron chi connectivity index (χ0n) is 8.61. The van der Waals surface area contributed by atoms with Gasteiger partial charge in [-0.15, -0.1) is 0 Å². The number of carbonyl (C=O) groups excluding carboxylic acids is 1. The van der Waals surface area contributed by atoms with E-state index in [0.29, 0.717) is 19.3 Å². The number of rotatable bonds is 1. The van der Waals surface area contributed by atoms with Gasteiger partial charge < -0.3 is 15.4 Å². The Balaban J connectivity index is 2.00. The van der Waals surface area contributed by atoms with E-state index in [9.17, 15) is 4.79 Å². The van der Waals surface area contributed by atoms with Gasteiger partial charge in [0.15, 0.2) is 0 Å². The quantitative estimate of drug-likeness (QED) is 0.644. The van der Waals surface area contributed by atoms with E-state index in [0.717, 1.165) is 19.4 Å². The largest absolute Gasteiger partial charge is 0.379 e. The van der Waals surface area contributed by atoms with Gasteiger partial charge >= 0.3 is 0 Å². The summed E-state index contributed by atoms with van der Waals surface area (Å²) < 4.78 is 5.21. The molecule has 80 valence electrons. The molecule has 4 nitrogen and oxygen atoms in total. The molecule has 0 aliphatic carbocycles. The molecule has 0 bridgehead atoms. The van der Waals surface area contributed by atoms with Crippen LogP contribution in [0.1, 0.15) is 19.8 Å². The molecule has 14 heavy (non-hydrogen) atoms. The summed E-state index contributed by atoms with van der Waals surface area (Å²) in [6.07, 6.45) is 2.24. The van der Waals surface area contributed by atoms with E-state index in [2.05, 4.69) is 6.92 Å². The van der Waals surface area contributed by atoms with Crippen LogP contribution >= 0.6 is 0 Å². The molecule has 0 aromatic carbocycles. The molecule has 0 aromatic rings. The third kappa shape index (κ3) is 1.64. The summed E-state index contributed by atoms with van der Waals surface area (Å²) in [7, 11) is 0. The average Bonchev–Trinajstić information content (AvgIpc) is 2.73. The first-order valence-electron chi connectivity index (χ1n) is 5.34. The third-order valence-corrected chi connectivity index (χ3v) is 3.28. The van der Waals surface area contributed by atoms with Gasteiger partial charge in [0.05, 0.1) is 19.1 Å². The minimum atomic E-state index is -0.102. The van der Waals surface area contributed by atoms with Crippen LogP contribution in [0.4, 0.5) is 0 Å². The second kappa shape index (κ2) is 3.87. The average molecular weight is 198 g/mol. The summed E-state index contributed by atoms with van der Waals surface area (Å²) >= 11 is 0. The van der Waals surface area contributed by atoms with Crippen molar-refractivity contribution in [3.63, 3.8) is 0 Å². The van der Waals surface area contributed by atoms with Crippen molar-refractivity contribution in [2.45, 2.75) is 31.8 Å². The smallest absolute Gasteiger partial charge is 0.229 e. The van der Waals surface area contributed by atoms with E-state index in [-0.39, 0.29) is 17.9 Å². The van der Waals surface area contributed by atoms with Crippen LogP contribution in [0.5, 0.6) is 0 Å². The normalized spacial score (nSPS) is 37.9. The van der Waals surface area contributed by atoms with Crippen LogP contribution in [0.3, 0.4) is 0 Å². The molecule has 2 saturated heterocycles. The molecule has 2 aliphatic heterocycles. The van der Waals surface area contributed by atoms with Crippen molar-refractivity contribution in [1.29, 1.82) is 0 Å². The molecule has 0 spiro atoms. The predicted octanol–water partition coefficient (Wildman–Crippen LogP) is -0.0290. The lowest BCUT2D eigenvalue weighted by Crippen LogP contribution is -2.44. The van der Waals surface area contributed by atoms with Crippen molar-refractivity contribution in [3.05, 3.63) is 0 Å². The number of nitrogens with zero attached hydrogens (tertiary/aromatic N) is 1. The fourth-order valence-corrected chi connectivity index (χ4v) is 2.30. The standard InChI is InChI=1S/C10H18N2O2/c1-7-3-2-4-12(7)10(13)8-5-14-6-9(8)11/h7-9H,2-6,11H2,1H3. The van der Waals surface area contributed by atoms with Crippen molar-refractivity contribution in [2.75, 3.05) is 19.8 Å². The topological polar surface area (TPSA) is 55.6 Å². The lowest BCUT2D eigenvalue weighted by atomic mass is 10.0. The first-order valence-corrected chi connectivity index (χ1v) is 5.34. The van der Waals surface area contributed by atoms with E-state index in [1.807, 2.05) is 4.90 Å². The van der Waals surface area contributed by atoms with Crippen molar-refractivity contribution < 1.29 is 9.53 Å². The molecule has 4 heteroatoms. The predicted molar refractivity (Wildman–Crippen MR) is 52.7 cm³/mol. The van der Waals surface area contributed by atoms with Crippen molar-refractivity contribution >= 4 is 5.91 Å². The number of hydrogen-bond acceptors (Lipinski definition) is 3. The summed E-state index contributed by atoms with van der Waals surface area (Å²) in [5.74, 6) is 0.0931. The number of nitrogens with two attached hydrogens (primary N) is 1. The van der Waals surface area contributed by atoms with Gasteiger partial charge in [-0.25, -0.2) is 0 Å². The van der Waals surface area contributed by atoms with Gasteiger partial charge in [0, 0.05) is 18.6 Å². The third-order valence-electron chi connectivity index (χ3n) is 3.28. The molecule has 2 N–H and O–H groups in total. The van der Waals surface area contributed by atoms with Crippen LogP contribution < -0.4 is 5.73 Å². The van der Waals surface area contributed by atoms with Gasteiger partial charge in [-0.1, -0.05) is 0 Å². The molecule has 0 saturated carbocycles. The number of ether oxygens (including phenoxy) is 1. The first-order chi connectivity index (χ1) is 6.70. The lowest BCUT2D eigenvalue weighted by Gasteiger charge is -2.25. The Hall–Kier alpha value is -0.610. The van der Waals surface area contributed by atoms with Gasteiger partial charge in [0.2, 0.25) is 5.91 Å². The SMILES string of the molecule is CC1CCCN1C(=O)C1COCC1N. The Labute approximate surface area is 84.4 Å². The maximum atomic E-state index is 12.0. The van der Waals surface area contributed by atoms with Crippen LogP contribution in [-0.2, 0) is 9.53 Å². The highest BCUT2D eigenvalue weighted by Crippen LogP contribution is 2.22. The molecular formula is C10H18N2O2. The number of likely N-dealkylation sites (tertiary alicyclic amines) is 1. The minimum absolute atomic E-state index is 0.101. The van der Waals surface area contributed by atoms with Gasteiger partial charge in [0.25, 0.3) is 0 Å². The summed E-state index contributed by atoms with van der Waals surface area (Å²) in [6, 6.07) is 0.283. The zero-order valence-corrected chi connectivity index (χ0v) is 8.61. The molecule has 2 aliphatic rings. The van der Waals surface area contributed by atoms with E-state index in [1.54, 1.807) is 0 Å². The molecule has 1 amide bonds. The van der Waals surface area contributed by atoms with Crippen LogP contribution in [0.25, 0.3) is 0 Å². The molecule has 3 unspecified atom stereocenters. The van der Waals surface area contributed by atoms with Gasteiger partial charge in [-0.3, -0.25) is 4.79 Å². The number of hydrogen-bond donors (Lipinski definition) is 1. The highest BCUT2D eigenvalue weighted by atomic mass is 16.5. The van der Waals surface area contributed by atoms with Crippen molar-refractivity contribution in [3.8, 4) is 0 Å². The van der Waals surface area contributed by atoms with E-state index >= 15 is 0 Å². The Bertz CT molecular complexity index is 210. The monoisotopic (exact) mass is 198 g/mol. The fraction of sp³-hybridized carbons (Fsp3) is 0.900. The molecule has 3 atom stereocenters. The highest BCUT2D eigenvalue weighted by Gasteiger charge is 2.37. The second-order valence-electron chi connectivity index (χ2n) is 4.33. The Morgan fingerprint density at radius 2 is 2.29 bits per heavy atom. The van der Waals surface area contributed by atoms with E-state index < -0.39 is 0 Å². The van der Waals surface area contributed by atoms with Crippen LogP contribution in [0.15, 0.2) is 0 Å². The Kier molecular flexibility index (Phi) is 2.74. The molecule has 2 heterocycles. The summed E-state index contributed by atoms with van der Waals surface area (Å²) in [5, 5.41) is 0. The van der Waals surface area contributed by atoms with E-state index in [4.69, 9.17) is 10.5 Å². The fourth-order valence-electron chi connectivity index (χ4n) is 2.30. The summed E-state index contributed by atoms with van der Waals surface area (Å²) in [6.45, 7) is 4.03. The van der Waals surface area contributed by atoms with Gasteiger partial charge in [-0.05, 0) is 19.8 Å². The first kappa shape index (κ1) is 9.93. The minimum Gasteiger partial charge on any atom is -0.379 e. The molecule has 0 aromatic heterocycles.